The number of rotatable bonds is 5. The molecule has 108 valence electrons. The Labute approximate surface area is 125 Å². The van der Waals surface area contributed by atoms with Gasteiger partial charge in [-0.1, -0.05) is 24.3 Å². The van der Waals surface area contributed by atoms with E-state index < -0.39 is 0 Å². The van der Waals surface area contributed by atoms with Crippen LogP contribution < -0.4 is 5.32 Å². The van der Waals surface area contributed by atoms with Crippen LogP contribution in [0.2, 0.25) is 0 Å². The number of carbonyl (C=O) groups is 1. The third-order valence-corrected chi connectivity index (χ3v) is 4.17. The Morgan fingerprint density at radius 2 is 2.30 bits per heavy atom. The third-order valence-electron chi connectivity index (χ3n) is 3.44. The van der Waals surface area contributed by atoms with E-state index in [1.807, 2.05) is 17.1 Å². The van der Waals surface area contributed by atoms with Crippen molar-refractivity contribution in [3.8, 4) is 0 Å². The van der Waals surface area contributed by atoms with Gasteiger partial charge >= 0.3 is 0 Å². The molecule has 1 aliphatic heterocycles. The molecule has 0 spiro atoms. The largest absolute Gasteiger partial charge is 0.334 e. The Morgan fingerprint density at radius 3 is 2.90 bits per heavy atom. The molecule has 0 unspecified atom stereocenters. The van der Waals surface area contributed by atoms with Gasteiger partial charge in [-0.25, -0.2) is 0 Å². The molecule has 20 heavy (non-hydrogen) atoms. The third kappa shape index (κ3) is 3.64. The molecule has 0 aliphatic carbocycles. The summed E-state index contributed by atoms with van der Waals surface area (Å²) >= 11 is 1.73. The van der Waals surface area contributed by atoms with E-state index in [-0.39, 0.29) is 18.0 Å². The molecule has 1 heterocycles. The Hall–Kier alpha value is -1.26. The first-order valence-corrected chi connectivity index (χ1v) is 8.17. The molecule has 2 rings (SSSR count). The second-order valence-corrected chi connectivity index (χ2v) is 6.11. The highest BCUT2D eigenvalue weighted by molar-refractivity contribution is 7.98. The van der Waals surface area contributed by atoms with Crippen LogP contribution in [0.4, 0.5) is 0 Å². The van der Waals surface area contributed by atoms with Crippen molar-refractivity contribution in [3.63, 3.8) is 0 Å². The van der Waals surface area contributed by atoms with Crippen molar-refractivity contribution in [2.24, 2.45) is 0 Å². The average Bonchev–Trinajstić information content (AvgIpc) is 2.98. The zero-order valence-electron chi connectivity index (χ0n) is 12.3. The first-order chi connectivity index (χ1) is 9.61. The number of amides is 1. The maximum absolute atomic E-state index is 12.6. The van der Waals surface area contributed by atoms with E-state index in [0.29, 0.717) is 6.54 Å². The fourth-order valence-electron chi connectivity index (χ4n) is 2.30. The van der Waals surface area contributed by atoms with Crippen molar-refractivity contribution in [1.29, 1.82) is 0 Å². The van der Waals surface area contributed by atoms with Crippen LogP contribution in [0.15, 0.2) is 41.3 Å². The summed E-state index contributed by atoms with van der Waals surface area (Å²) < 4.78 is 0. The van der Waals surface area contributed by atoms with Gasteiger partial charge < -0.3 is 4.90 Å². The molecule has 1 atom stereocenters. The topological polar surface area (TPSA) is 32.3 Å². The maximum atomic E-state index is 12.6. The van der Waals surface area contributed by atoms with E-state index in [0.717, 1.165) is 6.54 Å². The normalized spacial score (nSPS) is 17.7. The lowest BCUT2D eigenvalue weighted by Crippen LogP contribution is -2.46. The number of benzene rings is 1. The van der Waals surface area contributed by atoms with Crippen molar-refractivity contribution >= 4 is 17.7 Å². The van der Waals surface area contributed by atoms with Gasteiger partial charge in [0.05, 0.1) is 0 Å². The number of nitrogens with zero attached hydrogens (tertiary/aromatic N) is 1. The standard InChI is InChI=1S/C16H22N2OS/c1-12(2)18(16(19)15-8-5-9-17-15)11-13-6-4-7-14(10-13)20-3/h4-8,10,12,15,17H,9,11H2,1-3H3/t15-/m0/s1. The lowest BCUT2D eigenvalue weighted by atomic mass is 10.1. The van der Waals surface area contributed by atoms with E-state index in [1.54, 1.807) is 11.8 Å². The van der Waals surface area contributed by atoms with Crippen molar-refractivity contribution in [1.82, 2.24) is 10.2 Å². The molecule has 1 aromatic carbocycles. The van der Waals surface area contributed by atoms with Crippen molar-refractivity contribution in [3.05, 3.63) is 42.0 Å². The van der Waals surface area contributed by atoms with Crippen LogP contribution in [0.3, 0.4) is 0 Å². The van der Waals surface area contributed by atoms with Crippen LogP contribution in [0.1, 0.15) is 19.4 Å². The number of carbonyl (C=O) groups excluding carboxylic acids is 1. The molecule has 1 N–H and O–H groups in total. The highest BCUT2D eigenvalue weighted by Gasteiger charge is 2.25. The zero-order valence-corrected chi connectivity index (χ0v) is 13.1. The van der Waals surface area contributed by atoms with Crippen LogP contribution in [0.5, 0.6) is 0 Å². The minimum absolute atomic E-state index is 0.156. The van der Waals surface area contributed by atoms with Gasteiger partial charge in [-0.05, 0) is 37.8 Å². The fourth-order valence-corrected chi connectivity index (χ4v) is 2.78. The monoisotopic (exact) mass is 290 g/mol. The van der Waals surface area contributed by atoms with Crippen LogP contribution in [-0.2, 0) is 11.3 Å². The van der Waals surface area contributed by atoms with Gasteiger partial charge in [0, 0.05) is 24.0 Å². The van der Waals surface area contributed by atoms with E-state index in [4.69, 9.17) is 0 Å². The summed E-state index contributed by atoms with van der Waals surface area (Å²) in [5.41, 5.74) is 1.18. The summed E-state index contributed by atoms with van der Waals surface area (Å²) in [4.78, 5) is 15.7. The van der Waals surface area contributed by atoms with Crippen LogP contribution in [-0.4, -0.2) is 35.7 Å². The predicted molar refractivity (Wildman–Crippen MR) is 84.8 cm³/mol. The molecule has 3 nitrogen and oxygen atoms in total. The van der Waals surface area contributed by atoms with Crippen molar-refractivity contribution in [2.75, 3.05) is 12.8 Å². The molecule has 0 aromatic heterocycles. The first kappa shape index (κ1) is 15.1. The summed E-state index contributed by atoms with van der Waals surface area (Å²) in [5, 5.41) is 3.19. The van der Waals surface area contributed by atoms with Gasteiger partial charge in [0.1, 0.15) is 6.04 Å². The lowest BCUT2D eigenvalue weighted by Gasteiger charge is -2.29. The maximum Gasteiger partial charge on any atom is 0.244 e. The molecule has 0 radical (unpaired) electrons. The van der Waals surface area contributed by atoms with Crippen LogP contribution in [0.25, 0.3) is 0 Å². The SMILES string of the molecule is CSc1cccc(CN(C(=O)[C@@H]2C=CCN2)C(C)C)c1. The van der Waals surface area contributed by atoms with Gasteiger partial charge in [0.2, 0.25) is 5.91 Å². The molecular formula is C16H22N2OS. The molecular weight excluding hydrogens is 268 g/mol. The molecule has 1 aliphatic rings. The summed E-state index contributed by atoms with van der Waals surface area (Å²) in [7, 11) is 0. The minimum atomic E-state index is -0.166. The van der Waals surface area contributed by atoms with Crippen LogP contribution in [0, 0.1) is 0 Å². The van der Waals surface area contributed by atoms with E-state index >= 15 is 0 Å². The Kier molecular flexibility index (Phi) is 5.26. The number of nitrogens with one attached hydrogen (secondary N) is 1. The molecule has 0 fully saturated rings. The number of hydrogen-bond acceptors (Lipinski definition) is 3. The van der Waals surface area contributed by atoms with Crippen molar-refractivity contribution < 1.29 is 4.79 Å². The van der Waals surface area contributed by atoms with Gasteiger partial charge in [-0.15, -0.1) is 11.8 Å². The highest BCUT2D eigenvalue weighted by Crippen LogP contribution is 2.18. The summed E-state index contributed by atoms with van der Waals surface area (Å²) in [6.45, 7) is 5.57. The van der Waals surface area contributed by atoms with Crippen molar-refractivity contribution in [2.45, 2.75) is 37.4 Å². The Balaban J connectivity index is 2.12. The Bertz CT molecular complexity index is 499. The first-order valence-electron chi connectivity index (χ1n) is 6.95. The highest BCUT2D eigenvalue weighted by atomic mass is 32.2. The van der Waals surface area contributed by atoms with Gasteiger partial charge in [-0.2, -0.15) is 0 Å². The lowest BCUT2D eigenvalue weighted by molar-refractivity contribution is -0.134. The quantitative estimate of drug-likeness (QED) is 0.668. The summed E-state index contributed by atoms with van der Waals surface area (Å²) in [6.07, 6.45) is 6.03. The van der Waals surface area contributed by atoms with Gasteiger partial charge in [0.25, 0.3) is 0 Å². The average molecular weight is 290 g/mol. The Morgan fingerprint density at radius 1 is 1.50 bits per heavy atom. The van der Waals surface area contributed by atoms with E-state index in [1.165, 1.54) is 10.5 Å². The van der Waals surface area contributed by atoms with Crippen LogP contribution >= 0.6 is 11.8 Å². The fraction of sp³-hybridized carbons (Fsp3) is 0.438. The summed E-state index contributed by atoms with van der Waals surface area (Å²) in [6, 6.07) is 8.41. The second kappa shape index (κ2) is 6.95. The molecule has 0 saturated heterocycles. The second-order valence-electron chi connectivity index (χ2n) is 5.23. The number of thioether (sulfide) groups is 1. The smallest absolute Gasteiger partial charge is 0.244 e. The summed E-state index contributed by atoms with van der Waals surface area (Å²) in [5.74, 6) is 0.156. The van der Waals surface area contributed by atoms with E-state index in [2.05, 4.69) is 49.7 Å². The minimum Gasteiger partial charge on any atom is -0.334 e. The molecule has 0 saturated carbocycles. The predicted octanol–water partition coefficient (Wildman–Crippen LogP) is 2.67. The van der Waals surface area contributed by atoms with Gasteiger partial charge in [-0.3, -0.25) is 10.1 Å². The molecule has 4 heteroatoms. The van der Waals surface area contributed by atoms with E-state index in [9.17, 15) is 4.79 Å². The molecule has 0 bridgehead atoms. The van der Waals surface area contributed by atoms with Gasteiger partial charge in [0.15, 0.2) is 0 Å². The molecule has 1 aromatic rings. The molecule has 1 amide bonds. The zero-order chi connectivity index (χ0) is 14.5. The number of hydrogen-bond donors (Lipinski definition) is 1.